The Labute approximate surface area is 102 Å². The number of benzene rings is 1. The molecule has 0 bridgehead atoms. The zero-order chi connectivity index (χ0) is 12.1. The number of hydrogen-bond acceptors (Lipinski definition) is 2. The van der Waals surface area contributed by atoms with Gasteiger partial charge in [-0.25, -0.2) is 0 Å². The third-order valence-corrected chi connectivity index (χ3v) is 3.02. The number of carbonyl (C=O) groups excluding carboxylic acids is 1. The molecule has 0 saturated heterocycles. The highest BCUT2D eigenvalue weighted by atomic mass is 16.2. The molecule has 1 aliphatic heterocycles. The Morgan fingerprint density at radius 1 is 1.41 bits per heavy atom. The van der Waals surface area contributed by atoms with Crippen LogP contribution in [0.2, 0.25) is 0 Å². The van der Waals surface area contributed by atoms with Crippen LogP contribution in [-0.2, 0) is 17.8 Å². The van der Waals surface area contributed by atoms with Gasteiger partial charge in [0.05, 0.1) is 0 Å². The molecule has 3 heteroatoms. The molecule has 1 heterocycles. The number of hydrogen-bond donors (Lipinski definition) is 2. The van der Waals surface area contributed by atoms with E-state index in [9.17, 15) is 4.79 Å². The molecule has 1 aromatic rings. The predicted octanol–water partition coefficient (Wildman–Crippen LogP) is 1.39. The second kappa shape index (κ2) is 5.64. The Morgan fingerprint density at radius 2 is 2.18 bits per heavy atom. The van der Waals surface area contributed by atoms with Crippen LogP contribution in [0.15, 0.2) is 36.4 Å². The molecule has 17 heavy (non-hydrogen) atoms. The fraction of sp³-hybridized carbons (Fsp3) is 0.357. The van der Waals surface area contributed by atoms with Crippen LogP contribution >= 0.6 is 0 Å². The largest absolute Gasteiger partial charge is 0.350 e. The van der Waals surface area contributed by atoms with Crippen molar-refractivity contribution in [2.24, 2.45) is 0 Å². The minimum atomic E-state index is -0.163. The van der Waals surface area contributed by atoms with E-state index in [2.05, 4.69) is 29.7 Å². The van der Waals surface area contributed by atoms with Gasteiger partial charge < -0.3 is 5.32 Å². The monoisotopic (exact) mass is 230 g/mol. The minimum Gasteiger partial charge on any atom is -0.350 e. The van der Waals surface area contributed by atoms with E-state index in [0.717, 1.165) is 13.0 Å². The van der Waals surface area contributed by atoms with Gasteiger partial charge in [0.25, 0.3) is 0 Å². The van der Waals surface area contributed by atoms with E-state index in [1.807, 2.05) is 24.3 Å². The van der Waals surface area contributed by atoms with E-state index in [-0.39, 0.29) is 11.9 Å². The summed E-state index contributed by atoms with van der Waals surface area (Å²) in [5.41, 5.74) is 2.49. The maximum atomic E-state index is 11.8. The van der Waals surface area contributed by atoms with Crippen LogP contribution in [0, 0.1) is 0 Å². The van der Waals surface area contributed by atoms with Crippen molar-refractivity contribution in [2.75, 3.05) is 6.54 Å². The molecule has 0 saturated carbocycles. The lowest BCUT2D eigenvalue weighted by Crippen LogP contribution is -2.40. The van der Waals surface area contributed by atoms with Crippen LogP contribution in [0.1, 0.15) is 18.1 Å². The summed E-state index contributed by atoms with van der Waals surface area (Å²) in [6.45, 7) is 3.51. The number of aryl methyl sites for hydroxylation is 1. The zero-order valence-electron chi connectivity index (χ0n) is 10.1. The van der Waals surface area contributed by atoms with Gasteiger partial charge in [-0.1, -0.05) is 43.3 Å². The zero-order valence-corrected chi connectivity index (χ0v) is 10.1. The molecule has 0 unspecified atom stereocenters. The average Bonchev–Trinajstić information content (AvgIpc) is 2.90. The third-order valence-electron chi connectivity index (χ3n) is 3.02. The molecule has 0 aliphatic carbocycles. The van der Waals surface area contributed by atoms with Gasteiger partial charge in [-0.15, -0.1) is 0 Å². The van der Waals surface area contributed by atoms with Crippen molar-refractivity contribution in [2.45, 2.75) is 25.9 Å². The van der Waals surface area contributed by atoms with Gasteiger partial charge in [0, 0.05) is 13.1 Å². The summed E-state index contributed by atoms with van der Waals surface area (Å²) in [5, 5.41) is 6.06. The van der Waals surface area contributed by atoms with E-state index < -0.39 is 0 Å². The average molecular weight is 230 g/mol. The first kappa shape index (κ1) is 11.9. The third kappa shape index (κ3) is 2.94. The van der Waals surface area contributed by atoms with Crippen LogP contribution in [0.3, 0.4) is 0 Å². The maximum Gasteiger partial charge on any atom is 0.241 e. The van der Waals surface area contributed by atoms with Gasteiger partial charge in [-0.3, -0.25) is 10.1 Å². The Kier molecular flexibility index (Phi) is 3.94. The molecule has 1 aliphatic rings. The predicted molar refractivity (Wildman–Crippen MR) is 68.6 cm³/mol. The summed E-state index contributed by atoms with van der Waals surface area (Å²) in [4.78, 5) is 11.8. The van der Waals surface area contributed by atoms with Gasteiger partial charge in [0.2, 0.25) is 5.91 Å². The molecule has 0 radical (unpaired) electrons. The van der Waals surface area contributed by atoms with E-state index in [1.54, 1.807) is 0 Å². The van der Waals surface area contributed by atoms with Crippen LogP contribution in [0.25, 0.3) is 0 Å². The number of rotatable bonds is 4. The van der Waals surface area contributed by atoms with Crippen molar-refractivity contribution in [1.29, 1.82) is 0 Å². The summed E-state index contributed by atoms with van der Waals surface area (Å²) >= 11 is 0. The molecule has 2 N–H and O–H groups in total. The molecule has 2 rings (SSSR count). The first-order valence-electron chi connectivity index (χ1n) is 6.06. The van der Waals surface area contributed by atoms with Gasteiger partial charge in [-0.2, -0.15) is 0 Å². The second-order valence-electron chi connectivity index (χ2n) is 4.15. The highest BCUT2D eigenvalue weighted by Gasteiger charge is 2.16. The van der Waals surface area contributed by atoms with E-state index >= 15 is 0 Å². The highest BCUT2D eigenvalue weighted by molar-refractivity contribution is 5.84. The molecule has 0 fully saturated rings. The highest BCUT2D eigenvalue weighted by Crippen LogP contribution is 2.09. The molecule has 3 nitrogen and oxygen atoms in total. The van der Waals surface area contributed by atoms with E-state index in [0.29, 0.717) is 6.54 Å². The fourth-order valence-electron chi connectivity index (χ4n) is 2.01. The van der Waals surface area contributed by atoms with Gasteiger partial charge in [-0.05, 0) is 17.5 Å². The van der Waals surface area contributed by atoms with Crippen molar-refractivity contribution in [3.63, 3.8) is 0 Å². The molecular formula is C14H18N2O. The summed E-state index contributed by atoms with van der Waals surface area (Å²) in [7, 11) is 0. The second-order valence-corrected chi connectivity index (χ2v) is 4.15. The Morgan fingerprint density at radius 3 is 2.82 bits per heavy atom. The SMILES string of the molecule is CCc1ccccc1CNC(=O)[C@@H]1C=CCN1. The van der Waals surface area contributed by atoms with Crippen LogP contribution in [0.5, 0.6) is 0 Å². The molecule has 0 aromatic heterocycles. The van der Waals surface area contributed by atoms with Crippen molar-refractivity contribution >= 4 is 5.91 Å². The van der Waals surface area contributed by atoms with Gasteiger partial charge in [0.1, 0.15) is 6.04 Å². The van der Waals surface area contributed by atoms with Crippen LogP contribution < -0.4 is 10.6 Å². The van der Waals surface area contributed by atoms with Crippen molar-refractivity contribution in [3.8, 4) is 0 Å². The maximum absolute atomic E-state index is 11.8. The first-order chi connectivity index (χ1) is 8.31. The first-order valence-corrected chi connectivity index (χ1v) is 6.06. The molecule has 90 valence electrons. The molecule has 1 atom stereocenters. The topological polar surface area (TPSA) is 41.1 Å². The Balaban J connectivity index is 1.93. The van der Waals surface area contributed by atoms with Crippen molar-refractivity contribution in [1.82, 2.24) is 10.6 Å². The van der Waals surface area contributed by atoms with Crippen LogP contribution in [-0.4, -0.2) is 18.5 Å². The molecule has 1 amide bonds. The lowest BCUT2D eigenvalue weighted by Gasteiger charge is -2.12. The summed E-state index contributed by atoms with van der Waals surface area (Å²) in [6.07, 6.45) is 4.87. The summed E-state index contributed by atoms with van der Waals surface area (Å²) < 4.78 is 0. The summed E-state index contributed by atoms with van der Waals surface area (Å²) in [5.74, 6) is 0.0460. The standard InChI is InChI=1S/C14H18N2O/c1-2-11-6-3-4-7-12(11)10-16-14(17)13-8-5-9-15-13/h3-8,13,15H,2,9-10H2,1H3,(H,16,17)/t13-/m0/s1. The quantitative estimate of drug-likeness (QED) is 0.768. The van der Waals surface area contributed by atoms with E-state index in [4.69, 9.17) is 0 Å². The lowest BCUT2D eigenvalue weighted by atomic mass is 10.1. The smallest absolute Gasteiger partial charge is 0.241 e. The Hall–Kier alpha value is -1.61. The van der Waals surface area contributed by atoms with Gasteiger partial charge in [0.15, 0.2) is 0 Å². The number of carbonyl (C=O) groups is 1. The van der Waals surface area contributed by atoms with E-state index in [1.165, 1.54) is 11.1 Å². The normalized spacial score (nSPS) is 18.3. The van der Waals surface area contributed by atoms with Crippen LogP contribution in [0.4, 0.5) is 0 Å². The summed E-state index contributed by atoms with van der Waals surface area (Å²) in [6, 6.07) is 8.05. The van der Waals surface area contributed by atoms with Crippen molar-refractivity contribution in [3.05, 3.63) is 47.5 Å². The molecular weight excluding hydrogens is 212 g/mol. The van der Waals surface area contributed by atoms with Crippen molar-refractivity contribution < 1.29 is 4.79 Å². The number of amides is 1. The molecule has 1 aromatic carbocycles. The Bertz CT molecular complexity index is 426. The van der Waals surface area contributed by atoms with Gasteiger partial charge >= 0.3 is 0 Å². The minimum absolute atomic E-state index is 0.0460. The molecule has 0 spiro atoms. The fourth-order valence-corrected chi connectivity index (χ4v) is 2.01. The lowest BCUT2D eigenvalue weighted by molar-refractivity contribution is -0.122. The number of nitrogens with one attached hydrogen (secondary N) is 2.